The summed E-state index contributed by atoms with van der Waals surface area (Å²) < 4.78 is 6.80. The van der Waals surface area contributed by atoms with Gasteiger partial charge in [0.2, 0.25) is 0 Å². The molecule has 0 aliphatic rings. The zero-order valence-corrected chi connectivity index (χ0v) is 14.7. The van der Waals surface area contributed by atoms with Crippen molar-refractivity contribution in [1.29, 1.82) is 0 Å². The number of fused-ring (bicyclic) bond motifs is 1. The van der Waals surface area contributed by atoms with Gasteiger partial charge < -0.3 is 4.74 Å². The molecule has 2 aromatic heterocycles. The van der Waals surface area contributed by atoms with E-state index in [0.717, 1.165) is 27.9 Å². The second kappa shape index (κ2) is 6.61. The Bertz CT molecular complexity index is 1130. The number of nitrogens with one attached hydrogen (secondary N) is 1. The Morgan fingerprint density at radius 1 is 1.08 bits per heavy atom. The zero-order valence-electron chi connectivity index (χ0n) is 14.7. The molecule has 0 atom stereocenters. The number of ether oxygens (including phenoxy) is 1. The van der Waals surface area contributed by atoms with Crippen molar-refractivity contribution in [2.45, 2.75) is 13.5 Å². The van der Waals surface area contributed by atoms with Gasteiger partial charge in [0, 0.05) is 24.3 Å². The van der Waals surface area contributed by atoms with Crippen LogP contribution in [0.1, 0.15) is 11.3 Å². The van der Waals surface area contributed by atoms with Gasteiger partial charge in [0.15, 0.2) is 5.65 Å². The molecule has 130 valence electrons. The van der Waals surface area contributed by atoms with Gasteiger partial charge in [-0.25, -0.2) is 9.50 Å². The van der Waals surface area contributed by atoms with Gasteiger partial charge in [-0.15, -0.1) is 0 Å². The molecule has 0 bridgehead atoms. The lowest BCUT2D eigenvalue weighted by Crippen LogP contribution is -2.14. The lowest BCUT2D eigenvalue weighted by molar-refractivity contribution is 0.181. The van der Waals surface area contributed by atoms with E-state index in [0.29, 0.717) is 17.9 Å². The Labute approximate surface area is 150 Å². The topological polar surface area (TPSA) is 59.4 Å². The molecule has 0 fully saturated rings. The number of methoxy groups -OCH3 is 1. The smallest absolute Gasteiger partial charge is 0.273 e. The minimum Gasteiger partial charge on any atom is -0.378 e. The first-order valence-electron chi connectivity index (χ1n) is 8.44. The SMILES string of the molecule is COCc1[nH]n2c(=O)cc(-c3ccccc3C)nc2c1-c1ccccc1. The Morgan fingerprint density at radius 2 is 1.81 bits per heavy atom. The van der Waals surface area contributed by atoms with Gasteiger partial charge in [0.05, 0.1) is 18.0 Å². The first-order valence-corrected chi connectivity index (χ1v) is 8.44. The Hall–Kier alpha value is -3.18. The average Bonchev–Trinajstić information content (AvgIpc) is 3.02. The van der Waals surface area contributed by atoms with E-state index >= 15 is 0 Å². The fourth-order valence-corrected chi connectivity index (χ4v) is 3.24. The molecule has 26 heavy (non-hydrogen) atoms. The zero-order chi connectivity index (χ0) is 18.1. The number of hydrogen-bond donors (Lipinski definition) is 1. The molecule has 2 heterocycles. The molecule has 0 saturated heterocycles. The summed E-state index contributed by atoms with van der Waals surface area (Å²) in [5.41, 5.74) is 5.88. The Morgan fingerprint density at radius 3 is 2.54 bits per heavy atom. The molecule has 4 rings (SSSR count). The van der Waals surface area contributed by atoms with E-state index in [-0.39, 0.29) is 5.56 Å². The summed E-state index contributed by atoms with van der Waals surface area (Å²) in [5.74, 6) is 0. The number of rotatable bonds is 4. The van der Waals surface area contributed by atoms with Gasteiger partial charge in [-0.3, -0.25) is 9.89 Å². The number of H-pyrrole nitrogens is 1. The van der Waals surface area contributed by atoms with Crippen molar-refractivity contribution in [3.8, 4) is 22.4 Å². The van der Waals surface area contributed by atoms with Gasteiger partial charge in [-0.05, 0) is 18.1 Å². The molecule has 0 amide bonds. The van der Waals surface area contributed by atoms with Crippen molar-refractivity contribution in [2.24, 2.45) is 0 Å². The lowest BCUT2D eigenvalue weighted by Gasteiger charge is -2.06. The highest BCUT2D eigenvalue weighted by molar-refractivity contribution is 5.81. The van der Waals surface area contributed by atoms with E-state index < -0.39 is 0 Å². The van der Waals surface area contributed by atoms with Crippen LogP contribution in [0.5, 0.6) is 0 Å². The van der Waals surface area contributed by atoms with E-state index in [1.807, 2.05) is 61.5 Å². The number of hydrogen-bond acceptors (Lipinski definition) is 3. The van der Waals surface area contributed by atoms with E-state index in [1.165, 1.54) is 4.52 Å². The maximum Gasteiger partial charge on any atom is 0.273 e. The molecule has 4 aromatic rings. The Kier molecular flexibility index (Phi) is 4.14. The van der Waals surface area contributed by atoms with E-state index in [9.17, 15) is 4.79 Å². The average molecular weight is 345 g/mol. The second-order valence-corrected chi connectivity index (χ2v) is 6.22. The monoisotopic (exact) mass is 345 g/mol. The second-order valence-electron chi connectivity index (χ2n) is 6.22. The van der Waals surface area contributed by atoms with Crippen LogP contribution in [0.25, 0.3) is 28.0 Å². The van der Waals surface area contributed by atoms with Crippen LogP contribution in [0.4, 0.5) is 0 Å². The highest BCUT2D eigenvalue weighted by Gasteiger charge is 2.17. The number of aryl methyl sites for hydroxylation is 1. The minimum absolute atomic E-state index is 0.146. The fraction of sp³-hybridized carbons (Fsp3) is 0.143. The predicted octanol–water partition coefficient (Wildman–Crippen LogP) is 3.81. The molecule has 0 saturated carbocycles. The number of nitrogens with zero attached hydrogens (tertiary/aromatic N) is 2. The summed E-state index contributed by atoms with van der Waals surface area (Å²) in [6.45, 7) is 2.39. The molecule has 0 unspecified atom stereocenters. The van der Waals surface area contributed by atoms with Gasteiger partial charge in [0.25, 0.3) is 5.56 Å². The van der Waals surface area contributed by atoms with E-state index in [4.69, 9.17) is 9.72 Å². The Balaban J connectivity index is 2.04. The van der Waals surface area contributed by atoms with Gasteiger partial charge >= 0.3 is 0 Å². The standard InChI is InChI=1S/C21H19N3O2/c1-14-8-6-7-11-16(14)17-12-19(25)24-21(22-17)20(18(23-24)13-26-2)15-9-4-3-5-10-15/h3-12,23H,13H2,1-2H3. The molecule has 1 N–H and O–H groups in total. The molecule has 2 aromatic carbocycles. The first-order chi connectivity index (χ1) is 12.7. The first kappa shape index (κ1) is 16.3. The van der Waals surface area contributed by atoms with Crippen LogP contribution >= 0.6 is 0 Å². The van der Waals surface area contributed by atoms with Crippen molar-refractivity contribution in [3.05, 3.63) is 82.3 Å². The van der Waals surface area contributed by atoms with Gasteiger partial charge in [0.1, 0.15) is 0 Å². The third-order valence-corrected chi connectivity index (χ3v) is 4.46. The summed E-state index contributed by atoms with van der Waals surface area (Å²) in [5, 5.41) is 3.14. The molecular weight excluding hydrogens is 326 g/mol. The third kappa shape index (κ3) is 2.72. The third-order valence-electron chi connectivity index (χ3n) is 4.46. The maximum absolute atomic E-state index is 12.7. The van der Waals surface area contributed by atoms with Crippen molar-refractivity contribution >= 4 is 5.65 Å². The van der Waals surface area contributed by atoms with E-state index in [1.54, 1.807) is 13.2 Å². The maximum atomic E-state index is 12.7. The van der Waals surface area contributed by atoms with Crippen molar-refractivity contribution < 1.29 is 4.74 Å². The molecule has 0 aliphatic heterocycles. The molecular formula is C21H19N3O2. The van der Waals surface area contributed by atoms with Crippen LogP contribution < -0.4 is 5.56 Å². The van der Waals surface area contributed by atoms with Gasteiger partial charge in [-0.1, -0.05) is 54.6 Å². The molecule has 0 aliphatic carbocycles. The highest BCUT2D eigenvalue weighted by atomic mass is 16.5. The van der Waals surface area contributed by atoms with Crippen LogP contribution in [0.2, 0.25) is 0 Å². The summed E-state index contributed by atoms with van der Waals surface area (Å²) >= 11 is 0. The highest BCUT2D eigenvalue weighted by Crippen LogP contribution is 2.29. The predicted molar refractivity (Wildman–Crippen MR) is 102 cm³/mol. The molecule has 5 nitrogen and oxygen atoms in total. The molecule has 5 heteroatoms. The lowest BCUT2D eigenvalue weighted by atomic mass is 10.0. The largest absolute Gasteiger partial charge is 0.378 e. The summed E-state index contributed by atoms with van der Waals surface area (Å²) in [7, 11) is 1.63. The van der Waals surface area contributed by atoms with Crippen LogP contribution in [0, 0.1) is 6.92 Å². The summed E-state index contributed by atoms with van der Waals surface area (Å²) in [4.78, 5) is 17.6. The van der Waals surface area contributed by atoms with Crippen molar-refractivity contribution in [1.82, 2.24) is 14.6 Å². The fourth-order valence-electron chi connectivity index (χ4n) is 3.24. The molecule has 0 radical (unpaired) electrons. The summed E-state index contributed by atoms with van der Waals surface area (Å²) in [6, 6.07) is 19.4. The van der Waals surface area contributed by atoms with E-state index in [2.05, 4.69) is 5.10 Å². The van der Waals surface area contributed by atoms with Crippen molar-refractivity contribution in [2.75, 3.05) is 7.11 Å². The number of aromatic amines is 1. The normalized spacial score (nSPS) is 11.2. The summed E-state index contributed by atoms with van der Waals surface area (Å²) in [6.07, 6.45) is 0. The van der Waals surface area contributed by atoms with Crippen LogP contribution in [0.3, 0.4) is 0 Å². The van der Waals surface area contributed by atoms with Crippen LogP contribution in [0.15, 0.2) is 65.5 Å². The van der Waals surface area contributed by atoms with Crippen molar-refractivity contribution in [3.63, 3.8) is 0 Å². The minimum atomic E-state index is -0.146. The van der Waals surface area contributed by atoms with Gasteiger partial charge in [-0.2, -0.15) is 0 Å². The number of benzene rings is 2. The molecule has 0 spiro atoms. The quantitative estimate of drug-likeness (QED) is 0.612. The van der Waals surface area contributed by atoms with Crippen LogP contribution in [-0.4, -0.2) is 21.7 Å². The number of aromatic nitrogens is 3. The van der Waals surface area contributed by atoms with Crippen LogP contribution in [-0.2, 0) is 11.3 Å².